The van der Waals surface area contributed by atoms with Gasteiger partial charge in [-0.3, -0.25) is 14.6 Å². The van der Waals surface area contributed by atoms with Crippen molar-refractivity contribution in [2.45, 2.75) is 38.6 Å². The van der Waals surface area contributed by atoms with Crippen LogP contribution in [0.4, 0.5) is 0 Å². The summed E-state index contributed by atoms with van der Waals surface area (Å²) in [6, 6.07) is 7.74. The van der Waals surface area contributed by atoms with E-state index in [1.54, 1.807) is 29.9 Å². The maximum atomic E-state index is 12.9. The van der Waals surface area contributed by atoms with E-state index in [9.17, 15) is 9.59 Å². The summed E-state index contributed by atoms with van der Waals surface area (Å²) in [5, 5.41) is 5.03. The average molecular weight is 464 g/mol. The number of likely N-dealkylation sites (tertiary alicyclic amines) is 1. The Kier molecular flexibility index (Phi) is 7.67. The van der Waals surface area contributed by atoms with Crippen molar-refractivity contribution in [2.75, 3.05) is 19.6 Å². The number of hydrogen-bond acceptors (Lipinski definition) is 5. The smallest absolute Gasteiger partial charge is 0.253 e. The molecule has 2 amide bonds. The summed E-state index contributed by atoms with van der Waals surface area (Å²) in [5.74, 6) is 0.123. The zero-order valence-electron chi connectivity index (χ0n) is 18.8. The molecule has 1 N–H and O–H groups in total. The molecule has 33 heavy (non-hydrogen) atoms. The van der Waals surface area contributed by atoms with Gasteiger partial charge >= 0.3 is 0 Å². The quantitative estimate of drug-likeness (QED) is 0.406. The molecule has 3 aromatic rings. The molecular formula is C25H29N5O2S. The van der Waals surface area contributed by atoms with Crippen LogP contribution < -0.4 is 5.32 Å². The number of aryl methyl sites for hydroxylation is 2. The Bertz CT molecular complexity index is 1080. The van der Waals surface area contributed by atoms with E-state index >= 15 is 0 Å². The van der Waals surface area contributed by atoms with Gasteiger partial charge in [-0.25, -0.2) is 4.98 Å². The van der Waals surface area contributed by atoms with Crippen LogP contribution in [0.1, 0.15) is 51.8 Å². The van der Waals surface area contributed by atoms with Gasteiger partial charge in [0.2, 0.25) is 5.91 Å². The molecule has 8 heteroatoms. The predicted molar refractivity (Wildman–Crippen MR) is 130 cm³/mol. The molecule has 0 spiro atoms. The van der Waals surface area contributed by atoms with Gasteiger partial charge in [-0.2, -0.15) is 0 Å². The van der Waals surface area contributed by atoms with Gasteiger partial charge in [0.1, 0.15) is 0 Å². The number of amides is 2. The molecule has 7 nitrogen and oxygen atoms in total. The van der Waals surface area contributed by atoms with Gasteiger partial charge < -0.3 is 14.8 Å². The Labute approximate surface area is 198 Å². The highest BCUT2D eigenvalue weighted by Crippen LogP contribution is 2.29. The molecule has 4 rings (SSSR count). The molecule has 3 aromatic heterocycles. The largest absolute Gasteiger partial charge is 0.352 e. The van der Waals surface area contributed by atoms with E-state index < -0.39 is 0 Å². The number of thiophene rings is 1. The average Bonchev–Trinajstić information content (AvgIpc) is 3.54. The number of pyridine rings is 1. The number of nitrogens with one attached hydrogen (secondary N) is 1. The lowest BCUT2D eigenvalue weighted by Gasteiger charge is -2.32. The van der Waals surface area contributed by atoms with Crippen molar-refractivity contribution >= 4 is 29.2 Å². The number of piperidine rings is 1. The lowest BCUT2D eigenvalue weighted by molar-refractivity contribution is -0.127. The Hall–Kier alpha value is -3.26. The van der Waals surface area contributed by atoms with E-state index in [4.69, 9.17) is 4.98 Å². The molecule has 4 heterocycles. The fourth-order valence-electron chi connectivity index (χ4n) is 4.08. The van der Waals surface area contributed by atoms with Gasteiger partial charge in [0, 0.05) is 61.1 Å². The minimum absolute atomic E-state index is 0.0370. The molecule has 1 aliphatic heterocycles. The van der Waals surface area contributed by atoms with Gasteiger partial charge in [-0.05, 0) is 55.8 Å². The van der Waals surface area contributed by atoms with E-state index in [0.29, 0.717) is 25.2 Å². The van der Waals surface area contributed by atoms with Crippen molar-refractivity contribution in [3.63, 3.8) is 0 Å². The maximum Gasteiger partial charge on any atom is 0.253 e. The minimum atomic E-state index is -0.0829. The van der Waals surface area contributed by atoms with Crippen molar-refractivity contribution in [3.05, 3.63) is 76.3 Å². The van der Waals surface area contributed by atoms with Gasteiger partial charge in [0.25, 0.3) is 5.91 Å². The second-order valence-corrected chi connectivity index (χ2v) is 9.22. The zero-order valence-corrected chi connectivity index (χ0v) is 19.6. The molecule has 0 aromatic carbocycles. The topological polar surface area (TPSA) is 80.1 Å². The third-order valence-corrected chi connectivity index (χ3v) is 6.71. The van der Waals surface area contributed by atoms with Crippen LogP contribution in [0.25, 0.3) is 6.08 Å². The van der Waals surface area contributed by atoms with Crippen LogP contribution in [0.2, 0.25) is 0 Å². The Morgan fingerprint density at radius 1 is 1.24 bits per heavy atom. The Morgan fingerprint density at radius 2 is 2.09 bits per heavy atom. The number of imidazole rings is 1. The van der Waals surface area contributed by atoms with Crippen molar-refractivity contribution < 1.29 is 9.59 Å². The summed E-state index contributed by atoms with van der Waals surface area (Å²) in [7, 11) is 0. The van der Waals surface area contributed by atoms with E-state index in [1.807, 2.05) is 58.3 Å². The van der Waals surface area contributed by atoms with E-state index in [2.05, 4.69) is 10.3 Å². The molecule has 0 unspecified atom stereocenters. The van der Waals surface area contributed by atoms with Crippen LogP contribution in [-0.4, -0.2) is 50.9 Å². The lowest BCUT2D eigenvalue weighted by atomic mass is 9.89. The van der Waals surface area contributed by atoms with Crippen molar-refractivity contribution in [3.8, 4) is 0 Å². The fraction of sp³-hybridized carbons (Fsp3) is 0.360. The SMILES string of the molecule is Cc1ccc(C(=O)NCCCn2ccnc2)c(C2CCN(C(=O)C=Cc3cccs3)CC2)n1. The minimum Gasteiger partial charge on any atom is -0.352 e. The highest BCUT2D eigenvalue weighted by atomic mass is 32.1. The second kappa shape index (κ2) is 11.0. The van der Waals surface area contributed by atoms with Crippen LogP contribution >= 0.6 is 11.3 Å². The molecule has 0 atom stereocenters. The van der Waals surface area contributed by atoms with Crippen molar-refractivity contribution in [2.24, 2.45) is 0 Å². The van der Waals surface area contributed by atoms with Crippen LogP contribution in [0.15, 0.2) is 54.4 Å². The first kappa shape index (κ1) is 22.9. The van der Waals surface area contributed by atoms with E-state index in [-0.39, 0.29) is 17.7 Å². The van der Waals surface area contributed by atoms with Gasteiger partial charge in [-0.15, -0.1) is 11.3 Å². The monoisotopic (exact) mass is 463 g/mol. The van der Waals surface area contributed by atoms with Crippen LogP contribution in [0.3, 0.4) is 0 Å². The Balaban J connectivity index is 1.33. The van der Waals surface area contributed by atoms with Crippen molar-refractivity contribution in [1.82, 2.24) is 24.8 Å². The van der Waals surface area contributed by atoms with Crippen LogP contribution in [-0.2, 0) is 11.3 Å². The molecule has 0 radical (unpaired) electrons. The van der Waals surface area contributed by atoms with E-state index in [1.165, 1.54) is 0 Å². The maximum absolute atomic E-state index is 12.9. The first-order valence-electron chi connectivity index (χ1n) is 11.3. The number of carbonyl (C=O) groups is 2. The van der Waals surface area contributed by atoms with Crippen LogP contribution in [0.5, 0.6) is 0 Å². The third-order valence-electron chi connectivity index (χ3n) is 5.87. The first-order valence-corrected chi connectivity index (χ1v) is 12.2. The molecule has 0 aliphatic carbocycles. The molecule has 1 fully saturated rings. The number of aromatic nitrogens is 3. The second-order valence-electron chi connectivity index (χ2n) is 8.24. The molecule has 1 saturated heterocycles. The number of rotatable bonds is 8. The number of carbonyl (C=O) groups excluding carboxylic acids is 2. The van der Waals surface area contributed by atoms with Gasteiger partial charge in [0.05, 0.1) is 17.6 Å². The standard InChI is InChI=1S/C25H29N5O2S/c1-19-5-7-22(25(32)27-11-3-13-29-16-12-26-18-29)24(28-19)20-9-14-30(15-10-20)23(31)8-6-21-4-2-17-33-21/h2,4-8,12,16-18,20H,3,9-11,13-15H2,1H3,(H,27,32). The summed E-state index contributed by atoms with van der Waals surface area (Å²) in [6.07, 6.45) is 11.4. The molecule has 172 valence electrons. The summed E-state index contributed by atoms with van der Waals surface area (Å²) in [4.78, 5) is 37.2. The van der Waals surface area contributed by atoms with Gasteiger partial charge in [-0.1, -0.05) is 6.07 Å². The molecular weight excluding hydrogens is 434 g/mol. The highest BCUT2D eigenvalue weighted by Gasteiger charge is 2.27. The predicted octanol–water partition coefficient (Wildman–Crippen LogP) is 3.89. The molecule has 0 bridgehead atoms. The van der Waals surface area contributed by atoms with E-state index in [0.717, 1.165) is 42.1 Å². The normalized spacial score (nSPS) is 14.6. The summed E-state index contributed by atoms with van der Waals surface area (Å²) in [6.45, 7) is 4.69. The third kappa shape index (κ3) is 6.16. The number of hydrogen-bond donors (Lipinski definition) is 1. The molecule has 0 saturated carbocycles. The highest BCUT2D eigenvalue weighted by molar-refractivity contribution is 7.10. The van der Waals surface area contributed by atoms with Gasteiger partial charge in [0.15, 0.2) is 0 Å². The first-order chi connectivity index (χ1) is 16.1. The summed E-state index contributed by atoms with van der Waals surface area (Å²) < 4.78 is 2.00. The summed E-state index contributed by atoms with van der Waals surface area (Å²) in [5.41, 5.74) is 2.40. The fourth-order valence-corrected chi connectivity index (χ4v) is 4.69. The lowest BCUT2D eigenvalue weighted by Crippen LogP contribution is -2.37. The number of nitrogens with zero attached hydrogens (tertiary/aromatic N) is 4. The zero-order chi connectivity index (χ0) is 23.0. The van der Waals surface area contributed by atoms with Crippen LogP contribution in [0, 0.1) is 6.92 Å². The molecule has 1 aliphatic rings. The Morgan fingerprint density at radius 3 is 2.82 bits per heavy atom. The van der Waals surface area contributed by atoms with Crippen molar-refractivity contribution in [1.29, 1.82) is 0 Å². The summed E-state index contributed by atoms with van der Waals surface area (Å²) >= 11 is 1.61.